The Morgan fingerprint density at radius 1 is 1.10 bits per heavy atom. The van der Waals surface area contributed by atoms with E-state index in [4.69, 9.17) is 15.2 Å². The highest BCUT2D eigenvalue weighted by Gasteiger charge is 2.07. The smallest absolute Gasteiger partial charge is 0.161 e. The average molecular weight is 354 g/mol. The highest BCUT2D eigenvalue weighted by atomic mass is 79.9. The van der Waals surface area contributed by atoms with E-state index in [1.807, 2.05) is 18.2 Å². The van der Waals surface area contributed by atoms with Gasteiger partial charge in [-0.25, -0.2) is 4.39 Å². The lowest BCUT2D eigenvalue weighted by Gasteiger charge is -2.12. The molecule has 0 fully saturated rings. The summed E-state index contributed by atoms with van der Waals surface area (Å²) in [6.45, 7) is 0.929. The highest BCUT2D eigenvalue weighted by molar-refractivity contribution is 9.10. The Kier molecular flexibility index (Phi) is 5.59. The second-order valence-electron chi connectivity index (χ2n) is 4.56. The van der Waals surface area contributed by atoms with Gasteiger partial charge < -0.3 is 15.2 Å². The molecule has 2 N–H and O–H groups in total. The fraction of sp³-hybridized carbons (Fsp3) is 0.250. The van der Waals surface area contributed by atoms with Crippen molar-refractivity contribution < 1.29 is 13.9 Å². The zero-order chi connectivity index (χ0) is 15.2. The molecule has 0 aliphatic heterocycles. The van der Waals surface area contributed by atoms with Gasteiger partial charge in [-0.05, 0) is 64.3 Å². The molecule has 0 saturated carbocycles. The molecule has 21 heavy (non-hydrogen) atoms. The molecule has 0 bridgehead atoms. The SMILES string of the molecule is COc1cc(CCN)ccc1OCc1ccc(F)c(Br)c1. The largest absolute Gasteiger partial charge is 0.493 e. The van der Waals surface area contributed by atoms with E-state index < -0.39 is 0 Å². The molecule has 0 saturated heterocycles. The standard InChI is InChI=1S/C16H17BrFNO2/c1-20-16-9-11(6-7-19)3-5-15(16)21-10-12-2-4-14(18)13(17)8-12/h2-5,8-9H,6-7,10,19H2,1H3. The second kappa shape index (κ2) is 7.43. The predicted octanol–water partition coefficient (Wildman–Crippen LogP) is 3.68. The van der Waals surface area contributed by atoms with Gasteiger partial charge >= 0.3 is 0 Å². The summed E-state index contributed by atoms with van der Waals surface area (Å²) in [5.74, 6) is 1.03. The van der Waals surface area contributed by atoms with Gasteiger partial charge in [0, 0.05) is 0 Å². The minimum Gasteiger partial charge on any atom is -0.493 e. The number of methoxy groups -OCH3 is 1. The first-order chi connectivity index (χ1) is 10.1. The minimum atomic E-state index is -0.289. The van der Waals surface area contributed by atoms with Crippen LogP contribution in [-0.4, -0.2) is 13.7 Å². The van der Waals surface area contributed by atoms with Crippen LogP contribution in [0.3, 0.4) is 0 Å². The molecule has 0 amide bonds. The third kappa shape index (κ3) is 4.19. The molecule has 5 heteroatoms. The van der Waals surface area contributed by atoms with Gasteiger partial charge in [-0.2, -0.15) is 0 Å². The number of hydrogen-bond donors (Lipinski definition) is 1. The molecule has 2 aromatic carbocycles. The molecule has 0 aliphatic rings. The molecule has 3 nitrogen and oxygen atoms in total. The third-order valence-corrected chi connectivity index (χ3v) is 3.65. The fourth-order valence-electron chi connectivity index (χ4n) is 1.94. The average Bonchev–Trinajstić information content (AvgIpc) is 2.49. The Morgan fingerprint density at radius 3 is 2.52 bits per heavy atom. The number of hydrogen-bond acceptors (Lipinski definition) is 3. The van der Waals surface area contributed by atoms with Crippen LogP contribution in [-0.2, 0) is 13.0 Å². The zero-order valence-electron chi connectivity index (χ0n) is 11.7. The van der Waals surface area contributed by atoms with Crippen molar-refractivity contribution in [3.05, 3.63) is 57.8 Å². The Balaban J connectivity index is 2.10. The summed E-state index contributed by atoms with van der Waals surface area (Å²) in [5.41, 5.74) is 7.52. The van der Waals surface area contributed by atoms with Gasteiger partial charge in [0.2, 0.25) is 0 Å². The molecular weight excluding hydrogens is 337 g/mol. The maximum Gasteiger partial charge on any atom is 0.161 e. The summed E-state index contributed by atoms with van der Waals surface area (Å²) in [4.78, 5) is 0. The van der Waals surface area contributed by atoms with Gasteiger partial charge in [0.1, 0.15) is 12.4 Å². The van der Waals surface area contributed by atoms with Crippen LogP contribution in [0.4, 0.5) is 4.39 Å². The van der Waals surface area contributed by atoms with Crippen LogP contribution in [0.25, 0.3) is 0 Å². The number of halogens is 2. The summed E-state index contributed by atoms with van der Waals surface area (Å²) in [7, 11) is 1.60. The van der Waals surface area contributed by atoms with E-state index in [1.165, 1.54) is 6.07 Å². The Hall–Kier alpha value is -1.59. The third-order valence-electron chi connectivity index (χ3n) is 3.04. The molecule has 0 aliphatic carbocycles. The molecule has 0 aromatic heterocycles. The lowest BCUT2D eigenvalue weighted by molar-refractivity contribution is 0.284. The van der Waals surface area contributed by atoms with Crippen LogP contribution in [0.15, 0.2) is 40.9 Å². The minimum absolute atomic E-state index is 0.289. The number of rotatable bonds is 6. The number of benzene rings is 2. The lowest BCUT2D eigenvalue weighted by atomic mass is 10.1. The van der Waals surface area contributed by atoms with E-state index in [2.05, 4.69) is 15.9 Å². The van der Waals surface area contributed by atoms with Crippen molar-refractivity contribution in [3.8, 4) is 11.5 Å². The molecule has 112 valence electrons. The number of ether oxygens (including phenoxy) is 2. The van der Waals surface area contributed by atoms with Crippen LogP contribution in [0.5, 0.6) is 11.5 Å². The monoisotopic (exact) mass is 353 g/mol. The van der Waals surface area contributed by atoms with Crippen molar-refractivity contribution in [2.75, 3.05) is 13.7 Å². The Morgan fingerprint density at radius 2 is 1.86 bits per heavy atom. The summed E-state index contributed by atoms with van der Waals surface area (Å²) in [6.07, 6.45) is 0.793. The van der Waals surface area contributed by atoms with Gasteiger partial charge in [0.25, 0.3) is 0 Å². The van der Waals surface area contributed by atoms with E-state index in [-0.39, 0.29) is 5.82 Å². The van der Waals surface area contributed by atoms with Crippen molar-refractivity contribution in [1.29, 1.82) is 0 Å². The molecule has 2 rings (SSSR count). The van der Waals surface area contributed by atoms with E-state index in [0.717, 1.165) is 17.5 Å². The summed E-state index contributed by atoms with van der Waals surface area (Å²) in [6, 6.07) is 10.5. The van der Waals surface area contributed by atoms with Gasteiger partial charge in [-0.15, -0.1) is 0 Å². The van der Waals surface area contributed by atoms with Crippen molar-refractivity contribution >= 4 is 15.9 Å². The molecule has 0 spiro atoms. The fourth-order valence-corrected chi connectivity index (χ4v) is 2.37. The molecule has 0 heterocycles. The Labute approximate surface area is 132 Å². The van der Waals surface area contributed by atoms with Crippen LogP contribution < -0.4 is 15.2 Å². The topological polar surface area (TPSA) is 44.5 Å². The van der Waals surface area contributed by atoms with Crippen molar-refractivity contribution in [3.63, 3.8) is 0 Å². The molecule has 0 unspecified atom stereocenters. The van der Waals surface area contributed by atoms with E-state index in [9.17, 15) is 4.39 Å². The quantitative estimate of drug-likeness (QED) is 0.861. The van der Waals surface area contributed by atoms with Gasteiger partial charge in [-0.1, -0.05) is 12.1 Å². The summed E-state index contributed by atoms with van der Waals surface area (Å²) >= 11 is 3.16. The lowest BCUT2D eigenvalue weighted by Crippen LogP contribution is -2.03. The zero-order valence-corrected chi connectivity index (χ0v) is 13.3. The van der Waals surface area contributed by atoms with Crippen LogP contribution in [0.1, 0.15) is 11.1 Å². The molecule has 0 atom stereocenters. The van der Waals surface area contributed by atoms with E-state index in [0.29, 0.717) is 29.1 Å². The number of nitrogens with two attached hydrogens (primary N) is 1. The highest BCUT2D eigenvalue weighted by Crippen LogP contribution is 2.29. The second-order valence-corrected chi connectivity index (χ2v) is 5.42. The first-order valence-corrected chi connectivity index (χ1v) is 7.37. The van der Waals surface area contributed by atoms with Gasteiger partial charge in [-0.3, -0.25) is 0 Å². The van der Waals surface area contributed by atoms with E-state index in [1.54, 1.807) is 19.2 Å². The van der Waals surface area contributed by atoms with Gasteiger partial charge in [0.15, 0.2) is 11.5 Å². The van der Waals surface area contributed by atoms with Gasteiger partial charge in [0.05, 0.1) is 11.6 Å². The Bertz CT molecular complexity index is 619. The first-order valence-electron chi connectivity index (χ1n) is 6.57. The molecule has 2 aromatic rings. The summed E-state index contributed by atoms with van der Waals surface area (Å²) < 4.78 is 24.7. The van der Waals surface area contributed by atoms with Crippen LogP contribution in [0, 0.1) is 5.82 Å². The summed E-state index contributed by atoms with van der Waals surface area (Å²) in [5, 5.41) is 0. The normalized spacial score (nSPS) is 10.5. The van der Waals surface area contributed by atoms with Crippen molar-refractivity contribution in [2.24, 2.45) is 5.73 Å². The molecule has 0 radical (unpaired) electrons. The van der Waals surface area contributed by atoms with Crippen molar-refractivity contribution in [2.45, 2.75) is 13.0 Å². The maximum absolute atomic E-state index is 13.2. The first kappa shape index (κ1) is 15.8. The van der Waals surface area contributed by atoms with Crippen LogP contribution in [0.2, 0.25) is 0 Å². The molecular formula is C16H17BrFNO2. The maximum atomic E-state index is 13.2. The van der Waals surface area contributed by atoms with Crippen LogP contribution >= 0.6 is 15.9 Å². The van der Waals surface area contributed by atoms with E-state index >= 15 is 0 Å². The van der Waals surface area contributed by atoms with Crippen molar-refractivity contribution in [1.82, 2.24) is 0 Å². The predicted molar refractivity (Wildman–Crippen MR) is 84.2 cm³/mol.